The van der Waals surface area contributed by atoms with Gasteiger partial charge in [-0.25, -0.2) is 8.42 Å². The minimum absolute atomic E-state index is 0.00327. The van der Waals surface area contributed by atoms with E-state index in [-0.39, 0.29) is 17.5 Å². The summed E-state index contributed by atoms with van der Waals surface area (Å²) in [6, 6.07) is 0.00327. The molecule has 2 aliphatic rings. The lowest BCUT2D eigenvalue weighted by Crippen LogP contribution is -2.29. The van der Waals surface area contributed by atoms with E-state index in [2.05, 4.69) is 20.4 Å². The standard InChI is InChI=1S/C13H22N4O3S/c18-21(19)8-5-11(10-21)14-9-12-15-13(16-20-12)17-6-3-1-2-4-7-17/h11,14H,1-10H2. The number of nitrogens with zero attached hydrogens (tertiary/aromatic N) is 3. The maximum absolute atomic E-state index is 11.4. The predicted octanol–water partition coefficient (Wildman–Crippen LogP) is 0.727. The molecule has 7 nitrogen and oxygen atoms in total. The van der Waals surface area contributed by atoms with E-state index in [9.17, 15) is 8.42 Å². The van der Waals surface area contributed by atoms with Gasteiger partial charge in [-0.15, -0.1) is 0 Å². The Labute approximate surface area is 125 Å². The molecule has 118 valence electrons. The Balaban J connectivity index is 1.53. The number of hydrogen-bond acceptors (Lipinski definition) is 7. The molecular formula is C13H22N4O3S. The van der Waals surface area contributed by atoms with Crippen molar-refractivity contribution >= 4 is 15.8 Å². The summed E-state index contributed by atoms with van der Waals surface area (Å²) in [7, 11) is -2.85. The number of sulfone groups is 1. The van der Waals surface area contributed by atoms with Gasteiger partial charge in [0.15, 0.2) is 9.84 Å². The average molecular weight is 314 g/mol. The van der Waals surface area contributed by atoms with Crippen molar-refractivity contribution in [2.45, 2.75) is 44.7 Å². The number of nitrogens with one attached hydrogen (secondary N) is 1. The minimum Gasteiger partial charge on any atom is -0.338 e. The zero-order chi connectivity index (χ0) is 14.7. The van der Waals surface area contributed by atoms with Crippen LogP contribution < -0.4 is 10.2 Å². The van der Waals surface area contributed by atoms with E-state index in [0.29, 0.717) is 24.8 Å². The molecule has 2 aliphatic heterocycles. The molecule has 0 radical (unpaired) electrons. The van der Waals surface area contributed by atoms with Crippen LogP contribution in [0.5, 0.6) is 0 Å². The van der Waals surface area contributed by atoms with Gasteiger partial charge in [-0.1, -0.05) is 12.8 Å². The van der Waals surface area contributed by atoms with Gasteiger partial charge in [0.05, 0.1) is 18.1 Å². The molecule has 0 saturated carbocycles. The van der Waals surface area contributed by atoms with Crippen molar-refractivity contribution in [1.29, 1.82) is 0 Å². The quantitative estimate of drug-likeness (QED) is 0.876. The van der Waals surface area contributed by atoms with Crippen molar-refractivity contribution in [3.8, 4) is 0 Å². The summed E-state index contributed by atoms with van der Waals surface area (Å²) in [4.78, 5) is 6.58. The fourth-order valence-corrected chi connectivity index (χ4v) is 4.61. The van der Waals surface area contributed by atoms with Gasteiger partial charge >= 0.3 is 0 Å². The molecule has 0 bridgehead atoms. The van der Waals surface area contributed by atoms with Crippen LogP contribution in [-0.2, 0) is 16.4 Å². The molecule has 3 heterocycles. The summed E-state index contributed by atoms with van der Waals surface area (Å²) < 4.78 is 28.1. The van der Waals surface area contributed by atoms with Crippen molar-refractivity contribution in [3.05, 3.63) is 5.89 Å². The summed E-state index contributed by atoms with van der Waals surface area (Å²) in [5.74, 6) is 1.67. The molecule has 8 heteroatoms. The van der Waals surface area contributed by atoms with E-state index < -0.39 is 9.84 Å². The van der Waals surface area contributed by atoms with Crippen molar-refractivity contribution < 1.29 is 12.9 Å². The van der Waals surface area contributed by atoms with Crippen LogP contribution in [0.1, 0.15) is 38.0 Å². The monoisotopic (exact) mass is 314 g/mol. The molecule has 2 saturated heterocycles. The first-order valence-corrected chi connectivity index (χ1v) is 9.46. The van der Waals surface area contributed by atoms with Crippen LogP contribution >= 0.6 is 0 Å². The van der Waals surface area contributed by atoms with Gasteiger partial charge in [0, 0.05) is 19.1 Å². The smallest absolute Gasteiger partial charge is 0.266 e. The number of hydrogen-bond donors (Lipinski definition) is 1. The van der Waals surface area contributed by atoms with Crippen molar-refractivity contribution in [2.75, 3.05) is 29.5 Å². The van der Waals surface area contributed by atoms with Crippen LogP contribution in [0.25, 0.3) is 0 Å². The van der Waals surface area contributed by atoms with E-state index in [4.69, 9.17) is 4.52 Å². The highest BCUT2D eigenvalue weighted by atomic mass is 32.2. The molecule has 0 aromatic carbocycles. The predicted molar refractivity (Wildman–Crippen MR) is 78.9 cm³/mol. The molecule has 0 amide bonds. The Morgan fingerprint density at radius 1 is 1.24 bits per heavy atom. The Morgan fingerprint density at radius 3 is 2.67 bits per heavy atom. The molecule has 0 spiro atoms. The summed E-state index contributed by atoms with van der Waals surface area (Å²) in [5.41, 5.74) is 0. The Morgan fingerprint density at radius 2 is 2.00 bits per heavy atom. The van der Waals surface area contributed by atoms with Gasteiger partial charge < -0.3 is 14.7 Å². The first-order valence-electron chi connectivity index (χ1n) is 7.64. The Hall–Kier alpha value is -1.15. The molecule has 2 fully saturated rings. The normalized spacial score (nSPS) is 25.9. The average Bonchev–Trinajstić information content (AvgIpc) is 2.94. The van der Waals surface area contributed by atoms with Gasteiger partial charge in [0.25, 0.3) is 5.95 Å². The van der Waals surface area contributed by atoms with Crippen LogP contribution in [0, 0.1) is 0 Å². The van der Waals surface area contributed by atoms with Crippen LogP contribution in [0.15, 0.2) is 4.52 Å². The molecular weight excluding hydrogens is 292 g/mol. The lowest BCUT2D eigenvalue weighted by molar-refractivity contribution is 0.359. The number of aromatic nitrogens is 2. The van der Waals surface area contributed by atoms with E-state index >= 15 is 0 Å². The zero-order valence-corrected chi connectivity index (χ0v) is 12.9. The molecule has 1 N–H and O–H groups in total. The summed E-state index contributed by atoms with van der Waals surface area (Å²) in [5, 5.41) is 7.23. The van der Waals surface area contributed by atoms with Gasteiger partial charge in [-0.05, 0) is 24.4 Å². The minimum atomic E-state index is -2.85. The van der Waals surface area contributed by atoms with Crippen LogP contribution in [-0.4, -0.2) is 49.2 Å². The summed E-state index contributed by atoms with van der Waals surface area (Å²) >= 11 is 0. The lowest BCUT2D eigenvalue weighted by Gasteiger charge is -2.16. The molecule has 0 aliphatic carbocycles. The van der Waals surface area contributed by atoms with Gasteiger partial charge in [-0.3, -0.25) is 0 Å². The van der Waals surface area contributed by atoms with E-state index in [1.54, 1.807) is 0 Å². The van der Waals surface area contributed by atoms with Crippen molar-refractivity contribution in [2.24, 2.45) is 0 Å². The largest absolute Gasteiger partial charge is 0.338 e. The topological polar surface area (TPSA) is 88.3 Å². The van der Waals surface area contributed by atoms with Gasteiger partial charge in [0.1, 0.15) is 0 Å². The van der Waals surface area contributed by atoms with Gasteiger partial charge in [-0.2, -0.15) is 4.98 Å². The highest BCUT2D eigenvalue weighted by molar-refractivity contribution is 7.91. The summed E-state index contributed by atoms with van der Waals surface area (Å²) in [6.45, 7) is 2.39. The fourth-order valence-electron chi connectivity index (χ4n) is 2.90. The first-order chi connectivity index (χ1) is 10.1. The molecule has 1 unspecified atom stereocenters. The maximum atomic E-state index is 11.4. The highest BCUT2D eigenvalue weighted by Gasteiger charge is 2.27. The Kier molecular flexibility index (Phi) is 4.44. The molecule has 1 aromatic rings. The van der Waals surface area contributed by atoms with Crippen LogP contribution in [0.3, 0.4) is 0 Å². The van der Waals surface area contributed by atoms with E-state index in [1.807, 2.05) is 0 Å². The van der Waals surface area contributed by atoms with Crippen molar-refractivity contribution in [1.82, 2.24) is 15.5 Å². The third kappa shape index (κ3) is 3.94. The molecule has 21 heavy (non-hydrogen) atoms. The Bertz CT molecular complexity index is 564. The number of anilines is 1. The molecule has 1 atom stereocenters. The second-order valence-corrected chi connectivity index (χ2v) is 8.10. The second-order valence-electron chi connectivity index (χ2n) is 5.87. The van der Waals surface area contributed by atoms with Crippen molar-refractivity contribution in [3.63, 3.8) is 0 Å². The third-order valence-electron chi connectivity index (χ3n) is 4.12. The summed E-state index contributed by atoms with van der Waals surface area (Å²) in [6.07, 6.45) is 5.53. The fraction of sp³-hybridized carbons (Fsp3) is 0.846. The van der Waals surface area contributed by atoms with E-state index in [1.165, 1.54) is 25.7 Å². The van der Waals surface area contributed by atoms with Crippen LogP contribution in [0.2, 0.25) is 0 Å². The maximum Gasteiger partial charge on any atom is 0.266 e. The second kappa shape index (κ2) is 6.31. The molecule has 1 aromatic heterocycles. The lowest BCUT2D eigenvalue weighted by atomic mass is 10.2. The highest BCUT2D eigenvalue weighted by Crippen LogP contribution is 2.17. The van der Waals surface area contributed by atoms with E-state index in [0.717, 1.165) is 13.1 Å². The first kappa shape index (κ1) is 14.8. The number of rotatable bonds is 4. The SMILES string of the molecule is O=S1(=O)CCC(NCc2nc(N3CCCCCC3)no2)C1. The molecule has 3 rings (SSSR count). The zero-order valence-electron chi connectivity index (χ0n) is 12.1. The van der Waals surface area contributed by atoms with Gasteiger partial charge in [0.2, 0.25) is 5.89 Å². The third-order valence-corrected chi connectivity index (χ3v) is 5.89. The van der Waals surface area contributed by atoms with Crippen LogP contribution in [0.4, 0.5) is 5.95 Å².